The van der Waals surface area contributed by atoms with E-state index in [1.807, 2.05) is 0 Å². The van der Waals surface area contributed by atoms with Crippen LogP contribution in [0.2, 0.25) is 0 Å². The average molecular weight is 696 g/mol. The number of piperidine rings is 1. The summed E-state index contributed by atoms with van der Waals surface area (Å²) < 4.78 is 93.4. The van der Waals surface area contributed by atoms with Gasteiger partial charge in [-0.3, -0.25) is 9.69 Å². The number of carbonyl (C=O) groups is 2. The van der Waals surface area contributed by atoms with Crippen molar-refractivity contribution in [2.24, 2.45) is 0 Å². The lowest BCUT2D eigenvalue weighted by Crippen LogP contribution is -2.66. The van der Waals surface area contributed by atoms with E-state index in [1.54, 1.807) is 60.7 Å². The summed E-state index contributed by atoms with van der Waals surface area (Å²) in [6.45, 7) is 0.370. The number of alkyl halides is 7. The molecule has 0 saturated carbocycles. The molecular weight excluding hydrogens is 664 g/mol. The third-order valence-electron chi connectivity index (χ3n) is 8.21. The molecule has 0 unspecified atom stereocenters. The SMILES string of the molecule is C[C@@H](OC[C@@]1(c2ccccc2)CC[C@](C#N)(NC(=O)CCCl)CN1C(=O)OCc1ccccc1)c1cc(C(F)(F)F)cc(C(F)(F)F)c1. The second-order valence-electron chi connectivity index (χ2n) is 11.5. The lowest BCUT2D eigenvalue weighted by atomic mass is 9.75. The van der Waals surface area contributed by atoms with Crippen molar-refractivity contribution in [1.29, 1.82) is 5.26 Å². The summed E-state index contributed by atoms with van der Waals surface area (Å²) in [5.41, 5.74) is -5.19. The zero-order valence-electron chi connectivity index (χ0n) is 25.7. The van der Waals surface area contributed by atoms with E-state index in [1.165, 1.54) is 11.8 Å². The molecule has 3 aromatic rings. The fourth-order valence-corrected chi connectivity index (χ4v) is 5.75. The van der Waals surface area contributed by atoms with Gasteiger partial charge < -0.3 is 14.8 Å². The zero-order chi connectivity index (χ0) is 35.2. The van der Waals surface area contributed by atoms with E-state index in [4.69, 9.17) is 21.1 Å². The van der Waals surface area contributed by atoms with Crippen LogP contribution >= 0.6 is 11.6 Å². The van der Waals surface area contributed by atoms with Crippen molar-refractivity contribution in [3.05, 3.63) is 107 Å². The summed E-state index contributed by atoms with van der Waals surface area (Å²) in [5, 5.41) is 12.9. The molecule has 4 rings (SSSR count). The van der Waals surface area contributed by atoms with Crippen molar-refractivity contribution in [1.82, 2.24) is 10.2 Å². The highest BCUT2D eigenvalue weighted by Crippen LogP contribution is 2.44. The Bertz CT molecular complexity index is 1580. The number of hydrogen-bond donors (Lipinski definition) is 1. The molecule has 48 heavy (non-hydrogen) atoms. The minimum absolute atomic E-state index is 0.00469. The zero-order valence-corrected chi connectivity index (χ0v) is 26.5. The Balaban J connectivity index is 1.75. The lowest BCUT2D eigenvalue weighted by molar-refractivity contribution is -0.143. The summed E-state index contributed by atoms with van der Waals surface area (Å²) in [4.78, 5) is 27.8. The molecule has 2 amide bonds. The van der Waals surface area contributed by atoms with Gasteiger partial charge in [-0.1, -0.05) is 60.7 Å². The molecule has 256 valence electrons. The van der Waals surface area contributed by atoms with Crippen LogP contribution in [0.5, 0.6) is 0 Å². The van der Waals surface area contributed by atoms with Crippen LogP contribution in [0.15, 0.2) is 78.9 Å². The number of nitrogens with one attached hydrogen (secondary N) is 1. The number of carbonyl (C=O) groups excluding carboxylic acids is 2. The molecule has 1 aliphatic heterocycles. The molecule has 14 heteroatoms. The Morgan fingerprint density at radius 1 is 0.958 bits per heavy atom. The van der Waals surface area contributed by atoms with Gasteiger partial charge in [0.1, 0.15) is 12.1 Å². The van der Waals surface area contributed by atoms with Crippen LogP contribution in [0.25, 0.3) is 0 Å². The Morgan fingerprint density at radius 2 is 1.54 bits per heavy atom. The largest absolute Gasteiger partial charge is 0.445 e. The van der Waals surface area contributed by atoms with Gasteiger partial charge in [-0.05, 0) is 54.7 Å². The van der Waals surface area contributed by atoms with E-state index >= 15 is 0 Å². The molecular formula is C34H32ClF6N3O4. The number of benzene rings is 3. The van der Waals surface area contributed by atoms with Gasteiger partial charge in [-0.15, -0.1) is 11.6 Å². The fourth-order valence-electron chi connectivity index (χ4n) is 5.58. The predicted molar refractivity (Wildman–Crippen MR) is 163 cm³/mol. The lowest BCUT2D eigenvalue weighted by Gasteiger charge is -2.51. The Kier molecular flexibility index (Phi) is 11.3. The molecule has 1 N–H and O–H groups in total. The summed E-state index contributed by atoms with van der Waals surface area (Å²) in [6.07, 6.45) is -12.4. The first kappa shape index (κ1) is 36.6. The van der Waals surface area contributed by atoms with Crippen molar-refractivity contribution < 1.29 is 45.4 Å². The molecule has 0 aliphatic carbocycles. The minimum atomic E-state index is -5.06. The van der Waals surface area contributed by atoms with Crippen molar-refractivity contribution in [3.8, 4) is 6.07 Å². The number of nitriles is 1. The van der Waals surface area contributed by atoms with Crippen LogP contribution < -0.4 is 5.32 Å². The molecule has 1 saturated heterocycles. The standard InChI is InChI=1S/C34H32ClF6N3O4/c1-23(25-16-27(33(36,37)38)18-28(17-25)34(39,40)41)48-22-32(26-10-6-3-7-11-26)14-13-31(20-42,43-29(45)12-15-35)21-44(32)30(46)47-19-24-8-4-2-5-9-24/h2-11,16-18,23H,12-15,19,21-22H2,1H3,(H,43,45)/t23-,31-,32-/m1/s1. The van der Waals surface area contributed by atoms with Crippen LogP contribution in [-0.2, 0) is 38.8 Å². The van der Waals surface area contributed by atoms with Crippen LogP contribution in [0.1, 0.15) is 60.1 Å². The molecule has 0 bridgehead atoms. The summed E-state index contributed by atoms with van der Waals surface area (Å²) in [7, 11) is 0. The Hall–Kier alpha value is -4.28. The minimum Gasteiger partial charge on any atom is -0.445 e. The normalized spacial score (nSPS) is 20.4. The van der Waals surface area contributed by atoms with Crippen molar-refractivity contribution in [2.75, 3.05) is 19.0 Å². The molecule has 0 aromatic heterocycles. The molecule has 3 aromatic carbocycles. The molecule has 0 radical (unpaired) electrons. The first-order valence-corrected chi connectivity index (χ1v) is 15.4. The van der Waals surface area contributed by atoms with Gasteiger partial charge in [-0.25, -0.2) is 4.79 Å². The molecule has 0 spiro atoms. The maximum Gasteiger partial charge on any atom is 0.416 e. The number of rotatable bonds is 10. The molecule has 1 fully saturated rings. The van der Waals surface area contributed by atoms with Crippen molar-refractivity contribution >= 4 is 23.6 Å². The van der Waals surface area contributed by atoms with E-state index in [-0.39, 0.29) is 49.9 Å². The van der Waals surface area contributed by atoms with Crippen LogP contribution in [0, 0.1) is 11.3 Å². The van der Waals surface area contributed by atoms with Gasteiger partial charge in [0.05, 0.1) is 42.0 Å². The first-order chi connectivity index (χ1) is 22.6. The van der Waals surface area contributed by atoms with E-state index in [9.17, 15) is 41.2 Å². The van der Waals surface area contributed by atoms with Gasteiger partial charge in [-0.2, -0.15) is 31.6 Å². The van der Waals surface area contributed by atoms with Crippen LogP contribution in [-0.4, -0.2) is 41.5 Å². The average Bonchev–Trinajstić information content (AvgIpc) is 3.06. The van der Waals surface area contributed by atoms with E-state index < -0.39 is 59.3 Å². The maximum atomic E-state index is 14.0. The van der Waals surface area contributed by atoms with Crippen molar-refractivity contribution in [3.63, 3.8) is 0 Å². The quantitative estimate of drug-likeness (QED) is 0.171. The first-order valence-electron chi connectivity index (χ1n) is 14.9. The van der Waals surface area contributed by atoms with Crippen molar-refractivity contribution in [2.45, 2.75) is 62.3 Å². The second-order valence-corrected chi connectivity index (χ2v) is 11.9. The second kappa shape index (κ2) is 14.9. The highest BCUT2D eigenvalue weighted by Gasteiger charge is 2.53. The topological polar surface area (TPSA) is 91.7 Å². The summed E-state index contributed by atoms with van der Waals surface area (Å²) in [6, 6.07) is 20.5. The van der Waals surface area contributed by atoms with Gasteiger partial charge in [0, 0.05) is 12.3 Å². The smallest absolute Gasteiger partial charge is 0.416 e. The number of hydrogen-bond acceptors (Lipinski definition) is 5. The Morgan fingerprint density at radius 3 is 2.08 bits per heavy atom. The fraction of sp³-hybridized carbons (Fsp3) is 0.382. The van der Waals surface area contributed by atoms with Gasteiger partial charge in [0.15, 0.2) is 0 Å². The predicted octanol–water partition coefficient (Wildman–Crippen LogP) is 8.14. The maximum absolute atomic E-state index is 14.0. The third kappa shape index (κ3) is 8.59. The Labute approximate surface area is 278 Å². The van der Waals surface area contributed by atoms with Gasteiger partial charge in [0.25, 0.3) is 0 Å². The van der Waals surface area contributed by atoms with E-state index in [0.717, 1.165) is 0 Å². The number of likely N-dealkylation sites (tertiary alicyclic amines) is 1. The molecule has 1 heterocycles. The highest BCUT2D eigenvalue weighted by molar-refractivity contribution is 6.18. The monoisotopic (exact) mass is 695 g/mol. The number of amides is 2. The third-order valence-corrected chi connectivity index (χ3v) is 8.40. The summed E-state index contributed by atoms with van der Waals surface area (Å²) in [5.74, 6) is -0.534. The highest BCUT2D eigenvalue weighted by atomic mass is 35.5. The van der Waals surface area contributed by atoms with Crippen LogP contribution in [0.4, 0.5) is 31.1 Å². The van der Waals surface area contributed by atoms with Gasteiger partial charge in [0.2, 0.25) is 5.91 Å². The molecule has 1 aliphatic rings. The van der Waals surface area contributed by atoms with Gasteiger partial charge >= 0.3 is 18.4 Å². The van der Waals surface area contributed by atoms with Crippen LogP contribution in [0.3, 0.4) is 0 Å². The number of ether oxygens (including phenoxy) is 2. The van der Waals surface area contributed by atoms with E-state index in [2.05, 4.69) is 11.4 Å². The summed E-state index contributed by atoms with van der Waals surface area (Å²) >= 11 is 5.73. The van der Waals surface area contributed by atoms with E-state index in [0.29, 0.717) is 23.3 Å². The number of nitrogens with zero attached hydrogens (tertiary/aromatic N) is 2. The molecule has 3 atom stereocenters. The number of halogens is 7. The molecule has 7 nitrogen and oxygen atoms in total.